The maximum atomic E-state index is 12.0. The Kier molecular flexibility index (Phi) is 5.58. The van der Waals surface area contributed by atoms with Gasteiger partial charge in [0.15, 0.2) is 5.82 Å². The van der Waals surface area contributed by atoms with Crippen molar-refractivity contribution in [1.82, 2.24) is 15.5 Å². The third-order valence-electron chi connectivity index (χ3n) is 3.55. The first-order valence-corrected chi connectivity index (χ1v) is 7.18. The largest absolute Gasteiger partial charge is 0.411 e. The molecule has 21 heavy (non-hydrogen) atoms. The molecule has 0 aromatic carbocycles. The fourth-order valence-electron chi connectivity index (χ4n) is 2.58. The van der Waals surface area contributed by atoms with Crippen molar-refractivity contribution in [2.24, 2.45) is 0 Å². The SMILES string of the molecule is CCNC1CCC(c2nc(COCC(F)(F)F)no2)CC1. The number of nitrogens with zero attached hydrogens (tertiary/aromatic N) is 2. The molecular weight excluding hydrogens is 287 g/mol. The number of halogens is 3. The highest BCUT2D eigenvalue weighted by Crippen LogP contribution is 2.31. The molecule has 0 radical (unpaired) electrons. The highest BCUT2D eigenvalue weighted by molar-refractivity contribution is 4.96. The van der Waals surface area contributed by atoms with Crippen LogP contribution in [0.3, 0.4) is 0 Å². The van der Waals surface area contributed by atoms with Gasteiger partial charge in [-0.05, 0) is 32.2 Å². The fraction of sp³-hybridized carbons (Fsp3) is 0.846. The molecule has 1 heterocycles. The average Bonchev–Trinajstić information content (AvgIpc) is 2.87. The molecule has 120 valence electrons. The second kappa shape index (κ2) is 7.22. The summed E-state index contributed by atoms with van der Waals surface area (Å²) in [5.74, 6) is 0.877. The molecule has 1 aromatic rings. The van der Waals surface area contributed by atoms with Crippen LogP contribution < -0.4 is 5.32 Å². The van der Waals surface area contributed by atoms with E-state index in [1.165, 1.54) is 0 Å². The van der Waals surface area contributed by atoms with Gasteiger partial charge in [0.25, 0.3) is 0 Å². The maximum absolute atomic E-state index is 12.0. The summed E-state index contributed by atoms with van der Waals surface area (Å²) >= 11 is 0. The van der Waals surface area contributed by atoms with Crippen molar-refractivity contribution in [1.29, 1.82) is 0 Å². The molecule has 0 atom stereocenters. The molecule has 1 aliphatic rings. The lowest BCUT2D eigenvalue weighted by molar-refractivity contribution is -0.177. The Morgan fingerprint density at radius 3 is 2.62 bits per heavy atom. The summed E-state index contributed by atoms with van der Waals surface area (Å²) in [6, 6.07) is 0.531. The average molecular weight is 307 g/mol. The summed E-state index contributed by atoms with van der Waals surface area (Å²) in [4.78, 5) is 4.13. The van der Waals surface area contributed by atoms with Crippen LogP contribution in [0.2, 0.25) is 0 Å². The zero-order valence-electron chi connectivity index (χ0n) is 11.9. The van der Waals surface area contributed by atoms with Gasteiger partial charge in [0, 0.05) is 12.0 Å². The summed E-state index contributed by atoms with van der Waals surface area (Å²) < 4.78 is 45.5. The fourth-order valence-corrected chi connectivity index (χ4v) is 2.58. The van der Waals surface area contributed by atoms with Gasteiger partial charge in [-0.2, -0.15) is 18.2 Å². The van der Waals surface area contributed by atoms with Crippen LogP contribution >= 0.6 is 0 Å². The van der Waals surface area contributed by atoms with Crippen LogP contribution in [0.1, 0.15) is 50.2 Å². The minimum atomic E-state index is -4.34. The molecule has 0 bridgehead atoms. The maximum Gasteiger partial charge on any atom is 0.411 e. The first-order chi connectivity index (χ1) is 9.98. The number of nitrogens with one attached hydrogen (secondary N) is 1. The molecule has 1 aliphatic carbocycles. The number of rotatable bonds is 6. The van der Waals surface area contributed by atoms with Crippen molar-refractivity contribution < 1.29 is 22.4 Å². The third-order valence-corrected chi connectivity index (χ3v) is 3.55. The van der Waals surface area contributed by atoms with E-state index in [0.717, 1.165) is 32.2 Å². The molecule has 0 spiro atoms. The molecule has 8 heteroatoms. The van der Waals surface area contributed by atoms with Crippen molar-refractivity contribution in [3.05, 3.63) is 11.7 Å². The van der Waals surface area contributed by atoms with Crippen molar-refractivity contribution >= 4 is 0 Å². The number of aromatic nitrogens is 2. The van der Waals surface area contributed by atoms with Crippen molar-refractivity contribution in [2.45, 2.75) is 57.3 Å². The lowest BCUT2D eigenvalue weighted by atomic mass is 9.86. The van der Waals surface area contributed by atoms with E-state index in [-0.39, 0.29) is 18.3 Å². The van der Waals surface area contributed by atoms with Gasteiger partial charge in [-0.3, -0.25) is 0 Å². The molecule has 0 aliphatic heterocycles. The summed E-state index contributed by atoms with van der Waals surface area (Å²) in [6.07, 6.45) is -0.357. The summed E-state index contributed by atoms with van der Waals surface area (Å²) in [5.41, 5.74) is 0. The van der Waals surface area contributed by atoms with Gasteiger partial charge in [0.1, 0.15) is 13.2 Å². The molecule has 5 nitrogen and oxygen atoms in total. The Balaban J connectivity index is 1.78. The highest BCUT2D eigenvalue weighted by atomic mass is 19.4. The molecule has 1 N–H and O–H groups in total. The third kappa shape index (κ3) is 5.28. The van der Waals surface area contributed by atoms with Crippen LogP contribution in [0.4, 0.5) is 13.2 Å². The van der Waals surface area contributed by atoms with Gasteiger partial charge in [-0.15, -0.1) is 0 Å². The quantitative estimate of drug-likeness (QED) is 0.875. The topological polar surface area (TPSA) is 60.2 Å². The summed E-state index contributed by atoms with van der Waals surface area (Å²) in [6.45, 7) is 1.45. The van der Waals surface area contributed by atoms with E-state index in [9.17, 15) is 13.2 Å². The van der Waals surface area contributed by atoms with Crippen molar-refractivity contribution in [3.63, 3.8) is 0 Å². The molecule has 0 amide bonds. The van der Waals surface area contributed by atoms with Crippen LogP contribution in [0.25, 0.3) is 0 Å². The first kappa shape index (κ1) is 16.2. The second-order valence-corrected chi connectivity index (χ2v) is 5.26. The van der Waals surface area contributed by atoms with E-state index >= 15 is 0 Å². The number of alkyl halides is 3. The molecule has 0 unspecified atom stereocenters. The Morgan fingerprint density at radius 2 is 2.00 bits per heavy atom. The van der Waals surface area contributed by atoms with E-state index in [2.05, 4.69) is 27.1 Å². The van der Waals surface area contributed by atoms with Gasteiger partial charge in [-0.1, -0.05) is 12.1 Å². The van der Waals surface area contributed by atoms with Gasteiger partial charge < -0.3 is 14.6 Å². The molecule has 1 fully saturated rings. The lowest BCUT2D eigenvalue weighted by Crippen LogP contribution is -2.32. The zero-order valence-corrected chi connectivity index (χ0v) is 11.9. The molecule has 0 saturated heterocycles. The van der Waals surface area contributed by atoms with Crippen LogP contribution in [0, 0.1) is 0 Å². The second-order valence-electron chi connectivity index (χ2n) is 5.26. The summed E-state index contributed by atoms with van der Waals surface area (Å²) in [7, 11) is 0. The molecule has 1 saturated carbocycles. The smallest absolute Gasteiger partial charge is 0.364 e. The Labute approximate surface area is 121 Å². The Hall–Kier alpha value is -1.15. The standard InChI is InChI=1S/C13H20F3N3O2/c1-2-17-10-5-3-9(4-6-10)12-18-11(19-21-12)7-20-8-13(14,15)16/h9-10,17H,2-8H2,1H3. The highest BCUT2D eigenvalue weighted by Gasteiger charge is 2.28. The normalized spacial score (nSPS) is 23.4. The summed E-state index contributed by atoms with van der Waals surface area (Å²) in [5, 5.41) is 7.08. The van der Waals surface area contributed by atoms with E-state index in [4.69, 9.17) is 4.52 Å². The van der Waals surface area contributed by atoms with Crippen molar-refractivity contribution in [3.8, 4) is 0 Å². The number of hydrogen-bond acceptors (Lipinski definition) is 5. The van der Waals surface area contributed by atoms with E-state index in [0.29, 0.717) is 11.9 Å². The number of hydrogen-bond donors (Lipinski definition) is 1. The van der Waals surface area contributed by atoms with Gasteiger partial charge in [0.2, 0.25) is 5.89 Å². The Bertz CT molecular complexity index is 429. The van der Waals surface area contributed by atoms with Gasteiger partial charge >= 0.3 is 6.18 Å². The van der Waals surface area contributed by atoms with Crippen LogP contribution in [0.5, 0.6) is 0 Å². The lowest BCUT2D eigenvalue weighted by Gasteiger charge is -2.26. The van der Waals surface area contributed by atoms with Crippen LogP contribution in [-0.2, 0) is 11.3 Å². The van der Waals surface area contributed by atoms with Crippen LogP contribution in [0.15, 0.2) is 4.52 Å². The molecule has 1 aromatic heterocycles. The predicted octanol–water partition coefficient (Wildman–Crippen LogP) is 2.78. The molecule has 2 rings (SSSR count). The van der Waals surface area contributed by atoms with Gasteiger partial charge in [-0.25, -0.2) is 0 Å². The van der Waals surface area contributed by atoms with Crippen molar-refractivity contribution in [2.75, 3.05) is 13.2 Å². The zero-order chi connectivity index (χ0) is 15.3. The number of ether oxygens (including phenoxy) is 1. The van der Waals surface area contributed by atoms with E-state index < -0.39 is 12.8 Å². The minimum absolute atomic E-state index is 0.169. The predicted molar refractivity (Wildman–Crippen MR) is 68.7 cm³/mol. The Morgan fingerprint density at radius 1 is 1.29 bits per heavy atom. The van der Waals surface area contributed by atoms with E-state index in [1.54, 1.807) is 0 Å². The first-order valence-electron chi connectivity index (χ1n) is 7.18. The van der Waals surface area contributed by atoms with E-state index in [1.807, 2.05) is 0 Å². The molecular formula is C13H20F3N3O2. The minimum Gasteiger partial charge on any atom is -0.364 e. The van der Waals surface area contributed by atoms with Crippen LogP contribution in [-0.4, -0.2) is 35.5 Å². The van der Waals surface area contributed by atoms with Gasteiger partial charge in [0.05, 0.1) is 0 Å². The monoisotopic (exact) mass is 307 g/mol.